The summed E-state index contributed by atoms with van der Waals surface area (Å²) in [6.07, 6.45) is 10.1. The van der Waals surface area contributed by atoms with Gasteiger partial charge in [0.15, 0.2) is 5.65 Å². The fourth-order valence-electron chi connectivity index (χ4n) is 12.3. The normalized spacial score (nSPS) is 24.4. The molecule has 2 saturated carbocycles. The average Bonchev–Trinajstić information content (AvgIpc) is 4.08. The van der Waals surface area contributed by atoms with E-state index in [4.69, 9.17) is 9.97 Å². The number of aromatic amines is 1. The fraction of sp³-hybridized carbons (Fsp3) is 0.491. The third kappa shape index (κ3) is 9.23. The zero-order chi connectivity index (χ0) is 50.1. The number of anilines is 1. The minimum Gasteiger partial charge on any atom is -0.507 e. The van der Waals surface area contributed by atoms with Gasteiger partial charge in [-0.2, -0.15) is 0 Å². The summed E-state index contributed by atoms with van der Waals surface area (Å²) in [4.78, 5) is 67.0. The lowest BCUT2D eigenvalue weighted by Crippen LogP contribution is -2.62. The fourth-order valence-corrected chi connectivity index (χ4v) is 13.1. The van der Waals surface area contributed by atoms with Crippen molar-refractivity contribution in [2.75, 3.05) is 31.1 Å². The van der Waals surface area contributed by atoms with Crippen LogP contribution in [0.3, 0.4) is 0 Å². The number of nitrogens with zero attached hydrogens (tertiary/aromatic N) is 8. The lowest BCUT2D eigenvalue weighted by molar-refractivity contribution is -0.150. The Kier molecular flexibility index (Phi) is 12.6. The number of aromatic nitrogens is 6. The standard InChI is InChI=1S/C55H65N11O5S/c1-31(33-10-12-35(13-11-33)47-32(2)58-30-72-47)59-51(70)45-20-39(67)28-66(45)52(71)48(54(3,4)5)61-50(69)36-22-55(23-36)24-38(25-55)64-17-14-34(15-18-64)37-26-56-53(57-27-37)65-19-16-40-42-21-43(41-8-6-7-9-46(41)68)62-63-49(42)60-44(40)29-65/h6-13,21,26-27,30-31,34,36,38-39,45,48,67-68H,14-20,22-25,28-29H2,1-5H3,(H,59,70)(H,60,63)(H,61,69)/t31-,36?,38?,39+,45-,48+,55?/m0/s1. The molecule has 4 aromatic heterocycles. The van der Waals surface area contributed by atoms with Crippen LogP contribution in [0.15, 0.2) is 72.5 Å². The molecule has 6 aromatic rings. The number of phenols is 1. The van der Waals surface area contributed by atoms with Crippen molar-refractivity contribution in [2.45, 2.75) is 129 Å². The number of hydrogen-bond donors (Lipinski definition) is 5. The number of carbonyl (C=O) groups excluding carboxylic acids is 3. The molecule has 72 heavy (non-hydrogen) atoms. The van der Waals surface area contributed by atoms with E-state index >= 15 is 0 Å². The summed E-state index contributed by atoms with van der Waals surface area (Å²) < 4.78 is 0. The summed E-state index contributed by atoms with van der Waals surface area (Å²) in [5, 5.41) is 37.3. The van der Waals surface area contributed by atoms with Crippen molar-refractivity contribution >= 4 is 46.0 Å². The van der Waals surface area contributed by atoms with Gasteiger partial charge in [-0.1, -0.05) is 57.2 Å². The van der Waals surface area contributed by atoms with E-state index in [0.29, 0.717) is 29.8 Å². The largest absolute Gasteiger partial charge is 0.507 e. The number of thiazole rings is 1. The monoisotopic (exact) mass is 991 g/mol. The molecule has 4 atom stereocenters. The van der Waals surface area contributed by atoms with Crippen LogP contribution in [0.25, 0.3) is 32.7 Å². The van der Waals surface area contributed by atoms with Crippen molar-refractivity contribution in [3.8, 4) is 27.4 Å². The van der Waals surface area contributed by atoms with Crippen molar-refractivity contribution in [3.63, 3.8) is 0 Å². The third-order valence-electron chi connectivity index (χ3n) is 16.5. The minimum absolute atomic E-state index is 0.0392. The number of amides is 3. The van der Waals surface area contributed by atoms with Crippen LogP contribution in [0, 0.1) is 23.7 Å². The maximum atomic E-state index is 14.4. The number of carbonyl (C=O) groups is 3. The molecule has 16 nitrogen and oxygen atoms in total. The maximum absolute atomic E-state index is 14.4. The van der Waals surface area contributed by atoms with E-state index in [9.17, 15) is 24.6 Å². The second-order valence-corrected chi connectivity index (χ2v) is 23.2. The quantitative estimate of drug-likeness (QED) is 0.0873. The summed E-state index contributed by atoms with van der Waals surface area (Å²) in [6, 6.07) is 15.8. The topological polar surface area (TPSA) is 206 Å². The molecule has 2 aliphatic carbocycles. The second-order valence-electron chi connectivity index (χ2n) is 22.4. The van der Waals surface area contributed by atoms with Gasteiger partial charge in [0.1, 0.15) is 17.8 Å². The van der Waals surface area contributed by atoms with Gasteiger partial charge in [0, 0.05) is 60.5 Å². The number of H-pyrrole nitrogens is 1. The highest BCUT2D eigenvalue weighted by Gasteiger charge is 2.57. The molecule has 3 amide bonds. The smallest absolute Gasteiger partial charge is 0.246 e. The Hall–Kier alpha value is -6.30. The van der Waals surface area contributed by atoms with Crippen molar-refractivity contribution in [3.05, 3.63) is 101 Å². The first kappa shape index (κ1) is 48.0. The number of benzene rings is 2. The molecule has 2 aromatic carbocycles. The van der Waals surface area contributed by atoms with Gasteiger partial charge < -0.3 is 40.5 Å². The highest BCUT2D eigenvalue weighted by Crippen LogP contribution is 2.60. The van der Waals surface area contributed by atoms with E-state index in [1.165, 1.54) is 16.0 Å². The molecule has 17 heteroatoms. The van der Waals surface area contributed by atoms with E-state index in [2.05, 4.69) is 40.6 Å². The van der Waals surface area contributed by atoms with Crippen LogP contribution < -0.4 is 15.5 Å². The first-order valence-electron chi connectivity index (χ1n) is 25.7. The number of fused-ring (bicyclic) bond motifs is 3. The molecule has 5 aliphatic rings. The number of aliphatic hydroxyl groups is 1. The van der Waals surface area contributed by atoms with Crippen LogP contribution in [0.4, 0.5) is 5.95 Å². The highest BCUT2D eigenvalue weighted by molar-refractivity contribution is 7.13. The van der Waals surface area contributed by atoms with Gasteiger partial charge in [0.2, 0.25) is 23.7 Å². The van der Waals surface area contributed by atoms with E-state index in [1.54, 1.807) is 23.5 Å². The molecule has 11 rings (SSSR count). The Bertz CT molecular complexity index is 2980. The number of likely N-dealkylation sites (tertiary alicyclic amines) is 2. The predicted molar refractivity (Wildman–Crippen MR) is 276 cm³/mol. The molecule has 0 unspecified atom stereocenters. The maximum Gasteiger partial charge on any atom is 0.246 e. The molecule has 0 bridgehead atoms. The molecular weight excluding hydrogens is 927 g/mol. The van der Waals surface area contributed by atoms with Gasteiger partial charge in [-0.3, -0.25) is 14.4 Å². The number of β-amino-alcohol motifs (C(OH)–C–C–N with tert-alkyl or cyclic N) is 1. The zero-order valence-corrected chi connectivity index (χ0v) is 42.6. The van der Waals surface area contributed by atoms with Gasteiger partial charge in [0.05, 0.1) is 40.5 Å². The highest BCUT2D eigenvalue weighted by atomic mass is 32.1. The van der Waals surface area contributed by atoms with Crippen molar-refractivity contribution in [1.82, 2.24) is 50.6 Å². The van der Waals surface area contributed by atoms with Crippen LogP contribution >= 0.6 is 11.3 Å². The average molecular weight is 992 g/mol. The Morgan fingerprint density at radius 1 is 0.917 bits per heavy atom. The van der Waals surface area contributed by atoms with Crippen molar-refractivity contribution in [1.29, 1.82) is 0 Å². The number of phenolic OH excluding ortho intramolecular Hbond substituents is 1. The van der Waals surface area contributed by atoms with Crippen LogP contribution in [0.5, 0.6) is 5.75 Å². The third-order valence-corrected chi connectivity index (χ3v) is 17.5. The summed E-state index contributed by atoms with van der Waals surface area (Å²) in [5.74, 6) is 0.415. The first-order valence-corrected chi connectivity index (χ1v) is 26.5. The number of para-hydroxylation sites is 1. The van der Waals surface area contributed by atoms with Crippen LogP contribution in [0.1, 0.15) is 113 Å². The number of piperidine rings is 1. The number of nitrogens with one attached hydrogen (secondary N) is 3. The van der Waals surface area contributed by atoms with Gasteiger partial charge in [-0.25, -0.2) is 15.0 Å². The summed E-state index contributed by atoms with van der Waals surface area (Å²) in [7, 11) is 0. The Morgan fingerprint density at radius 2 is 1.65 bits per heavy atom. The molecule has 4 fully saturated rings. The zero-order valence-electron chi connectivity index (χ0n) is 41.8. The van der Waals surface area contributed by atoms with Gasteiger partial charge in [0.25, 0.3) is 0 Å². The summed E-state index contributed by atoms with van der Waals surface area (Å²) in [6.45, 7) is 13.2. The molecule has 3 aliphatic heterocycles. The van der Waals surface area contributed by atoms with E-state index in [-0.39, 0.29) is 53.8 Å². The second kappa shape index (κ2) is 19.0. The number of aryl methyl sites for hydroxylation is 1. The molecule has 5 N–H and O–H groups in total. The SMILES string of the molecule is Cc1ncsc1-c1ccc([C@H](C)NC(=O)[C@@H]2C[C@@H](O)CN2C(=O)[C@@H](NC(=O)C2CC3(C2)CC(N2CCC(c4cnc(N5CCc6c([nH]c7nnc(-c8ccccc8O)cc67)C5)nc4)CC2)C3)C(C)(C)C)cc1. The number of hydrogen-bond acceptors (Lipinski definition) is 13. The van der Waals surface area contributed by atoms with E-state index < -0.39 is 23.6 Å². The molecule has 376 valence electrons. The Morgan fingerprint density at radius 3 is 2.35 bits per heavy atom. The first-order chi connectivity index (χ1) is 34.6. The molecular formula is C55H65N11O5S. The van der Waals surface area contributed by atoms with Crippen LogP contribution in [0.2, 0.25) is 0 Å². The lowest BCUT2D eigenvalue weighted by atomic mass is 9.49. The van der Waals surface area contributed by atoms with Gasteiger partial charge >= 0.3 is 0 Å². The van der Waals surface area contributed by atoms with Crippen LogP contribution in [-0.2, 0) is 27.3 Å². The molecule has 7 heterocycles. The lowest BCUT2D eigenvalue weighted by Gasteiger charge is -2.60. The summed E-state index contributed by atoms with van der Waals surface area (Å²) >= 11 is 1.59. The number of aliphatic hydroxyl groups excluding tert-OH is 1. The number of rotatable bonds is 11. The summed E-state index contributed by atoms with van der Waals surface area (Å²) in [5.41, 5.74) is 9.92. The van der Waals surface area contributed by atoms with Crippen molar-refractivity contribution in [2.24, 2.45) is 16.7 Å². The Balaban J connectivity index is 0.637. The van der Waals surface area contributed by atoms with Crippen LogP contribution in [-0.4, -0.2) is 118 Å². The number of aromatic hydroxyl groups is 1. The molecule has 1 spiro atoms. The molecule has 2 saturated heterocycles. The van der Waals surface area contributed by atoms with E-state index in [0.717, 1.165) is 109 Å². The van der Waals surface area contributed by atoms with E-state index in [1.807, 2.05) is 95.0 Å². The molecule has 0 radical (unpaired) electrons. The van der Waals surface area contributed by atoms with Gasteiger partial charge in [-0.15, -0.1) is 21.5 Å². The van der Waals surface area contributed by atoms with Gasteiger partial charge in [-0.05, 0) is 129 Å². The van der Waals surface area contributed by atoms with Crippen molar-refractivity contribution < 1.29 is 24.6 Å². The Labute approximate surface area is 424 Å². The predicted octanol–water partition coefficient (Wildman–Crippen LogP) is 7.22. The minimum atomic E-state index is -0.846.